The Kier molecular flexibility index (Phi) is 5.27. The third-order valence-electron chi connectivity index (χ3n) is 2.20. The van der Waals surface area contributed by atoms with Crippen LogP contribution in [0.25, 0.3) is 0 Å². The molecule has 2 aromatic rings. The van der Waals surface area contributed by atoms with Crippen molar-refractivity contribution >= 4 is 40.7 Å². The molecular formula is C12H10Cl2O2P2Pd. The van der Waals surface area contributed by atoms with Crippen molar-refractivity contribution in [1.82, 2.24) is 0 Å². The van der Waals surface area contributed by atoms with Crippen molar-refractivity contribution in [2.45, 2.75) is 0 Å². The van der Waals surface area contributed by atoms with E-state index in [9.17, 15) is 9.13 Å². The molecule has 0 aliphatic rings. The van der Waals surface area contributed by atoms with E-state index in [0.717, 1.165) is 0 Å². The molecule has 0 amide bonds. The summed E-state index contributed by atoms with van der Waals surface area (Å²) in [6.45, 7) is 0. The van der Waals surface area contributed by atoms with Crippen molar-refractivity contribution in [3.8, 4) is 0 Å². The molecule has 2 aromatic carbocycles. The Bertz CT molecular complexity index is 727. The Balaban J connectivity index is 2.79. The predicted molar refractivity (Wildman–Crippen MR) is 79.1 cm³/mol. The van der Waals surface area contributed by atoms with Gasteiger partial charge in [0.1, 0.15) is 0 Å². The Morgan fingerprint density at radius 2 is 1.00 bits per heavy atom. The Hall–Kier alpha value is -0.118. The second-order valence-corrected chi connectivity index (χ2v) is 26.0. The molecule has 0 saturated heterocycles. The van der Waals surface area contributed by atoms with Crippen LogP contribution in [0.1, 0.15) is 0 Å². The SMILES string of the molecule is O=[P](c1ccccc1)=[Pd]([Cl])([Cl])=[P](=O)c1ccccc1. The van der Waals surface area contributed by atoms with Crippen molar-refractivity contribution in [1.29, 1.82) is 0 Å². The van der Waals surface area contributed by atoms with Crippen LogP contribution < -0.4 is 10.6 Å². The van der Waals surface area contributed by atoms with Crippen molar-refractivity contribution in [2.24, 2.45) is 0 Å². The molecule has 2 rings (SSSR count). The van der Waals surface area contributed by atoms with E-state index in [0.29, 0.717) is 10.6 Å². The summed E-state index contributed by atoms with van der Waals surface area (Å²) in [6, 6.07) is 17.5. The first-order valence-electron chi connectivity index (χ1n) is 5.16. The van der Waals surface area contributed by atoms with Crippen molar-refractivity contribution in [3.63, 3.8) is 0 Å². The van der Waals surface area contributed by atoms with E-state index in [4.69, 9.17) is 19.1 Å². The van der Waals surface area contributed by atoms with Crippen molar-refractivity contribution < 1.29 is 20.6 Å². The summed E-state index contributed by atoms with van der Waals surface area (Å²) in [7, 11) is 12.5. The summed E-state index contributed by atoms with van der Waals surface area (Å²) in [5, 5.41) is 1.11. The fourth-order valence-corrected chi connectivity index (χ4v) is 16.5. The van der Waals surface area contributed by atoms with E-state index in [1.807, 2.05) is 12.1 Å². The van der Waals surface area contributed by atoms with Gasteiger partial charge in [0.2, 0.25) is 0 Å². The van der Waals surface area contributed by atoms with Gasteiger partial charge in [0, 0.05) is 0 Å². The van der Waals surface area contributed by atoms with Gasteiger partial charge in [-0.2, -0.15) is 0 Å². The first-order chi connectivity index (χ1) is 9.03. The fourth-order valence-electron chi connectivity index (χ4n) is 1.32. The number of benzene rings is 2. The topological polar surface area (TPSA) is 34.1 Å². The fraction of sp³-hybridized carbons (Fsp3) is 0. The number of halogens is 2. The van der Waals surface area contributed by atoms with Gasteiger partial charge in [-0.05, 0) is 0 Å². The van der Waals surface area contributed by atoms with Gasteiger partial charge >= 0.3 is 122 Å². The predicted octanol–water partition coefficient (Wildman–Crippen LogP) is 4.58. The van der Waals surface area contributed by atoms with Gasteiger partial charge in [-0.1, -0.05) is 0 Å². The molecule has 0 bridgehead atoms. The van der Waals surface area contributed by atoms with E-state index in [-0.39, 0.29) is 0 Å². The molecule has 7 heteroatoms. The minimum absolute atomic E-state index is 0.554. The molecule has 104 valence electrons. The standard InChI is InChI=1S/2C6H5OP.2ClH.Pd/c2*7-8-6-4-2-1-3-5-6;;;/h2*1-5H;2*1H;/q;;;;+2/p-2. The molecule has 2 unspecified atom stereocenters. The van der Waals surface area contributed by atoms with E-state index >= 15 is 0 Å². The van der Waals surface area contributed by atoms with Gasteiger partial charge in [-0.3, -0.25) is 0 Å². The number of hydrogen-bond donors (Lipinski definition) is 0. The van der Waals surface area contributed by atoms with Crippen molar-refractivity contribution in [3.05, 3.63) is 60.7 Å². The van der Waals surface area contributed by atoms with E-state index in [1.54, 1.807) is 48.5 Å². The van der Waals surface area contributed by atoms with Gasteiger partial charge in [-0.25, -0.2) is 0 Å². The van der Waals surface area contributed by atoms with Crippen LogP contribution in [0, 0.1) is 0 Å². The molecule has 0 radical (unpaired) electrons. The Morgan fingerprint density at radius 3 is 1.32 bits per heavy atom. The van der Waals surface area contributed by atoms with Gasteiger partial charge in [-0.15, -0.1) is 0 Å². The normalized spacial score (nSPS) is 13.8. The van der Waals surface area contributed by atoms with Gasteiger partial charge in [0.15, 0.2) is 0 Å². The number of rotatable bonds is 2. The quantitative estimate of drug-likeness (QED) is 0.521. The molecule has 0 saturated carbocycles. The summed E-state index contributed by atoms with van der Waals surface area (Å²) in [4.78, 5) is 0. The van der Waals surface area contributed by atoms with Gasteiger partial charge < -0.3 is 0 Å². The molecule has 0 aliphatic carbocycles. The summed E-state index contributed by atoms with van der Waals surface area (Å²) in [5.74, 6) is 0. The molecule has 0 spiro atoms. The molecule has 0 aromatic heterocycles. The summed E-state index contributed by atoms with van der Waals surface area (Å²) in [6.07, 6.45) is 0. The van der Waals surface area contributed by atoms with Crippen LogP contribution in [0.5, 0.6) is 0 Å². The zero-order valence-electron chi connectivity index (χ0n) is 9.56. The first-order valence-corrected chi connectivity index (χ1v) is 15.5. The molecule has 2 atom stereocenters. The molecule has 2 nitrogen and oxygen atoms in total. The van der Waals surface area contributed by atoms with E-state index in [2.05, 4.69) is 0 Å². The van der Waals surface area contributed by atoms with Crippen LogP contribution in [-0.2, 0) is 20.6 Å². The van der Waals surface area contributed by atoms with Crippen LogP contribution in [0.3, 0.4) is 0 Å². The monoisotopic (exact) mass is 424 g/mol. The minimum atomic E-state index is -3.56. The summed E-state index contributed by atoms with van der Waals surface area (Å²) in [5.41, 5.74) is -4.07. The van der Waals surface area contributed by atoms with Crippen LogP contribution in [0.15, 0.2) is 60.7 Å². The van der Waals surface area contributed by atoms with E-state index in [1.165, 1.54) is 0 Å². The second-order valence-electron chi connectivity index (χ2n) is 3.43. The summed E-state index contributed by atoms with van der Waals surface area (Å²) >= 11 is -3.56. The number of hydrogen-bond acceptors (Lipinski definition) is 2. The average molecular weight is 425 g/mol. The zero-order chi connectivity index (χ0) is 13.9. The van der Waals surface area contributed by atoms with Crippen LogP contribution in [0.2, 0.25) is 0 Å². The maximum absolute atomic E-state index is 12.4. The Morgan fingerprint density at radius 1 is 0.684 bits per heavy atom. The molecule has 0 aliphatic heterocycles. The Labute approximate surface area is 121 Å². The molecule has 0 heterocycles. The molecule has 19 heavy (non-hydrogen) atoms. The zero-order valence-corrected chi connectivity index (χ0v) is 14.4. The molecule has 0 fully saturated rings. The van der Waals surface area contributed by atoms with Crippen molar-refractivity contribution in [2.75, 3.05) is 0 Å². The van der Waals surface area contributed by atoms with Gasteiger partial charge in [0.05, 0.1) is 0 Å². The second kappa shape index (κ2) is 6.56. The van der Waals surface area contributed by atoms with Crippen LogP contribution in [0.4, 0.5) is 0 Å². The maximum atomic E-state index is 12.4. The van der Waals surface area contributed by atoms with Gasteiger partial charge in [0.25, 0.3) is 0 Å². The summed E-state index contributed by atoms with van der Waals surface area (Å²) < 4.78 is 24.9. The molecular weight excluding hydrogens is 415 g/mol. The van der Waals surface area contributed by atoms with E-state index < -0.39 is 22.6 Å². The van der Waals surface area contributed by atoms with Crippen LogP contribution in [-0.4, -0.2) is 0 Å². The molecule has 0 N–H and O–H groups in total. The third kappa shape index (κ3) is 3.50. The average Bonchev–Trinajstić information content (AvgIpc) is 2.47. The van der Waals surface area contributed by atoms with Crippen LogP contribution >= 0.6 is 30.1 Å². The third-order valence-corrected chi connectivity index (χ3v) is 22.1. The first kappa shape index (κ1) is 15.3.